The summed E-state index contributed by atoms with van der Waals surface area (Å²) in [7, 11) is -3.25. The molecule has 0 spiro atoms. The Hall–Kier alpha value is -1.13. The zero-order valence-corrected chi connectivity index (χ0v) is 11.4. The molecule has 2 rings (SSSR count). The Kier molecular flexibility index (Phi) is 3.64. The molecule has 0 N–H and O–H groups in total. The van der Waals surface area contributed by atoms with Crippen molar-refractivity contribution in [2.45, 2.75) is 10.6 Å². The van der Waals surface area contributed by atoms with Gasteiger partial charge >= 0.3 is 0 Å². The maximum absolute atomic E-state index is 12.1. The highest BCUT2D eigenvalue weighted by molar-refractivity contribution is 9.10. The molecule has 0 saturated carbocycles. The van der Waals surface area contributed by atoms with E-state index in [1.165, 1.54) is 0 Å². The van der Waals surface area contributed by atoms with Crippen molar-refractivity contribution in [3.05, 3.63) is 64.6 Å². The maximum Gasteiger partial charge on any atom is 0.182 e. The summed E-state index contributed by atoms with van der Waals surface area (Å²) in [4.78, 5) is 0.351. The normalized spacial score (nSPS) is 11.4. The SMILES string of the molecule is O=S(=O)(Cc1ccccc1)c1ccc(Br)cc1. The van der Waals surface area contributed by atoms with Crippen LogP contribution in [0.1, 0.15) is 5.56 Å². The fraction of sp³-hybridized carbons (Fsp3) is 0.0769. The summed E-state index contributed by atoms with van der Waals surface area (Å²) in [6, 6.07) is 15.9. The third kappa shape index (κ3) is 3.17. The molecule has 0 aliphatic heterocycles. The van der Waals surface area contributed by atoms with Crippen LogP contribution in [-0.2, 0) is 15.6 Å². The van der Waals surface area contributed by atoms with Crippen molar-refractivity contribution in [3.63, 3.8) is 0 Å². The average molecular weight is 311 g/mol. The summed E-state index contributed by atoms with van der Waals surface area (Å²) in [5, 5.41) is 0. The number of sulfone groups is 1. The van der Waals surface area contributed by atoms with Crippen LogP contribution in [0.5, 0.6) is 0 Å². The van der Waals surface area contributed by atoms with E-state index >= 15 is 0 Å². The highest BCUT2D eigenvalue weighted by Gasteiger charge is 2.14. The van der Waals surface area contributed by atoms with Gasteiger partial charge in [-0.25, -0.2) is 8.42 Å². The Balaban J connectivity index is 2.29. The van der Waals surface area contributed by atoms with Gasteiger partial charge in [-0.05, 0) is 29.8 Å². The molecule has 0 unspecified atom stereocenters. The van der Waals surface area contributed by atoms with Crippen molar-refractivity contribution < 1.29 is 8.42 Å². The second kappa shape index (κ2) is 5.02. The van der Waals surface area contributed by atoms with Gasteiger partial charge in [0.2, 0.25) is 0 Å². The van der Waals surface area contributed by atoms with Crippen LogP contribution in [0.15, 0.2) is 64.0 Å². The summed E-state index contributed by atoms with van der Waals surface area (Å²) >= 11 is 3.28. The van der Waals surface area contributed by atoms with Gasteiger partial charge in [0.25, 0.3) is 0 Å². The Morgan fingerprint density at radius 2 is 1.47 bits per heavy atom. The molecule has 17 heavy (non-hydrogen) atoms. The Labute approximate surface area is 109 Å². The molecule has 0 radical (unpaired) electrons. The molecule has 0 aliphatic rings. The lowest BCUT2D eigenvalue weighted by Gasteiger charge is -2.04. The minimum atomic E-state index is -3.25. The first kappa shape index (κ1) is 12.3. The minimum absolute atomic E-state index is 0.0372. The van der Waals surface area contributed by atoms with Crippen LogP contribution in [0.25, 0.3) is 0 Å². The molecule has 0 aromatic heterocycles. The first-order chi connectivity index (χ1) is 8.08. The highest BCUT2D eigenvalue weighted by Crippen LogP contribution is 2.18. The third-order valence-electron chi connectivity index (χ3n) is 2.37. The van der Waals surface area contributed by atoms with Crippen LogP contribution >= 0.6 is 15.9 Å². The van der Waals surface area contributed by atoms with Gasteiger partial charge in [-0.1, -0.05) is 46.3 Å². The van der Waals surface area contributed by atoms with E-state index in [-0.39, 0.29) is 5.75 Å². The standard InChI is InChI=1S/C13H11BrO2S/c14-12-6-8-13(9-7-12)17(15,16)10-11-4-2-1-3-5-11/h1-9H,10H2. The number of benzene rings is 2. The summed E-state index contributed by atoms with van der Waals surface area (Å²) in [6.45, 7) is 0. The van der Waals surface area contributed by atoms with E-state index in [1.807, 2.05) is 30.3 Å². The molecule has 0 aliphatic carbocycles. The monoisotopic (exact) mass is 310 g/mol. The van der Waals surface area contributed by atoms with Crippen LogP contribution in [0.4, 0.5) is 0 Å². The van der Waals surface area contributed by atoms with Crippen LogP contribution in [0.3, 0.4) is 0 Å². The van der Waals surface area contributed by atoms with E-state index in [0.29, 0.717) is 4.90 Å². The summed E-state index contributed by atoms with van der Waals surface area (Å²) < 4.78 is 25.1. The average Bonchev–Trinajstić information content (AvgIpc) is 2.30. The lowest BCUT2D eigenvalue weighted by Crippen LogP contribution is -2.04. The number of hydrogen-bond donors (Lipinski definition) is 0. The molecular formula is C13H11BrO2S. The van der Waals surface area contributed by atoms with E-state index in [0.717, 1.165) is 10.0 Å². The Morgan fingerprint density at radius 1 is 0.882 bits per heavy atom. The molecule has 0 amide bonds. The summed E-state index contributed by atoms with van der Waals surface area (Å²) in [5.41, 5.74) is 0.801. The smallest absolute Gasteiger partial charge is 0.182 e. The molecule has 4 heteroatoms. The topological polar surface area (TPSA) is 34.1 Å². The van der Waals surface area contributed by atoms with E-state index in [1.54, 1.807) is 24.3 Å². The van der Waals surface area contributed by atoms with Gasteiger partial charge in [-0.2, -0.15) is 0 Å². The van der Waals surface area contributed by atoms with Crippen LogP contribution in [0.2, 0.25) is 0 Å². The first-order valence-electron chi connectivity index (χ1n) is 5.10. The van der Waals surface area contributed by atoms with Crippen LogP contribution in [0, 0.1) is 0 Å². The molecule has 0 bridgehead atoms. The van der Waals surface area contributed by atoms with Gasteiger partial charge in [0, 0.05) is 4.47 Å². The van der Waals surface area contributed by atoms with Crippen molar-refractivity contribution in [2.24, 2.45) is 0 Å². The molecular weight excluding hydrogens is 300 g/mol. The van der Waals surface area contributed by atoms with E-state index in [2.05, 4.69) is 15.9 Å². The molecule has 88 valence electrons. The van der Waals surface area contributed by atoms with Crippen molar-refractivity contribution in [2.75, 3.05) is 0 Å². The minimum Gasteiger partial charge on any atom is -0.223 e. The van der Waals surface area contributed by atoms with Gasteiger partial charge < -0.3 is 0 Å². The fourth-order valence-corrected chi connectivity index (χ4v) is 3.13. The van der Waals surface area contributed by atoms with Gasteiger partial charge in [0.15, 0.2) is 9.84 Å². The maximum atomic E-state index is 12.1. The molecule has 0 saturated heterocycles. The third-order valence-corrected chi connectivity index (χ3v) is 4.60. The summed E-state index contributed by atoms with van der Waals surface area (Å²) in [6.07, 6.45) is 0. The Morgan fingerprint density at radius 3 is 2.06 bits per heavy atom. The van der Waals surface area contributed by atoms with Gasteiger partial charge in [0.1, 0.15) is 0 Å². The lowest BCUT2D eigenvalue weighted by molar-refractivity contribution is 0.595. The van der Waals surface area contributed by atoms with Crippen molar-refractivity contribution in [3.8, 4) is 0 Å². The van der Waals surface area contributed by atoms with E-state index < -0.39 is 9.84 Å². The van der Waals surface area contributed by atoms with Crippen LogP contribution in [-0.4, -0.2) is 8.42 Å². The van der Waals surface area contributed by atoms with Crippen molar-refractivity contribution >= 4 is 25.8 Å². The van der Waals surface area contributed by atoms with Gasteiger partial charge in [-0.15, -0.1) is 0 Å². The molecule has 2 nitrogen and oxygen atoms in total. The molecule has 0 fully saturated rings. The van der Waals surface area contributed by atoms with Crippen molar-refractivity contribution in [1.82, 2.24) is 0 Å². The second-order valence-electron chi connectivity index (χ2n) is 3.70. The molecule has 0 heterocycles. The van der Waals surface area contributed by atoms with Gasteiger partial charge in [-0.3, -0.25) is 0 Å². The van der Waals surface area contributed by atoms with Crippen LogP contribution < -0.4 is 0 Å². The van der Waals surface area contributed by atoms with E-state index in [4.69, 9.17) is 0 Å². The number of rotatable bonds is 3. The van der Waals surface area contributed by atoms with E-state index in [9.17, 15) is 8.42 Å². The molecule has 2 aromatic carbocycles. The second-order valence-corrected chi connectivity index (χ2v) is 6.60. The predicted octanol–water partition coefficient (Wildman–Crippen LogP) is 3.42. The predicted molar refractivity (Wildman–Crippen MR) is 71.5 cm³/mol. The number of halogens is 1. The quantitative estimate of drug-likeness (QED) is 0.870. The Bertz CT molecular complexity index is 589. The molecule has 0 atom stereocenters. The highest BCUT2D eigenvalue weighted by atomic mass is 79.9. The van der Waals surface area contributed by atoms with Crippen molar-refractivity contribution in [1.29, 1.82) is 0 Å². The molecule has 2 aromatic rings. The lowest BCUT2D eigenvalue weighted by atomic mass is 10.2. The zero-order valence-electron chi connectivity index (χ0n) is 9.01. The zero-order chi connectivity index (χ0) is 12.3. The van der Waals surface area contributed by atoms with Gasteiger partial charge in [0.05, 0.1) is 10.6 Å². The first-order valence-corrected chi connectivity index (χ1v) is 7.55. The largest absolute Gasteiger partial charge is 0.223 e. The fourth-order valence-electron chi connectivity index (χ4n) is 1.52. The number of hydrogen-bond acceptors (Lipinski definition) is 2. The summed E-state index contributed by atoms with van der Waals surface area (Å²) in [5.74, 6) is 0.0372.